The summed E-state index contributed by atoms with van der Waals surface area (Å²) in [4.78, 5) is 11.8. The van der Waals surface area contributed by atoms with E-state index in [4.69, 9.17) is 4.74 Å². The van der Waals surface area contributed by atoms with E-state index in [9.17, 15) is 32.6 Å². The Bertz CT molecular complexity index is 1000. The molecule has 0 aliphatic carbocycles. The molecule has 0 aliphatic heterocycles. The molecule has 0 radical (unpaired) electrons. The van der Waals surface area contributed by atoms with Crippen molar-refractivity contribution in [1.82, 2.24) is 0 Å². The number of phenols is 1. The van der Waals surface area contributed by atoms with Gasteiger partial charge in [0.15, 0.2) is 0 Å². The minimum absolute atomic E-state index is 0.0340. The van der Waals surface area contributed by atoms with Crippen molar-refractivity contribution in [3.05, 3.63) is 69.8 Å². The highest BCUT2D eigenvalue weighted by Crippen LogP contribution is 2.37. The molecule has 172 valence electrons. The number of benzene rings is 2. The fourth-order valence-electron chi connectivity index (χ4n) is 2.90. The fraction of sp³-hybridized carbons (Fsp3) is 0.292. The first kappa shape index (κ1) is 25.0. The summed E-state index contributed by atoms with van der Waals surface area (Å²) in [5, 5.41) is 20.3. The molecule has 2 aromatic rings. The van der Waals surface area contributed by atoms with Gasteiger partial charge in [-0.2, -0.15) is 13.2 Å². The Morgan fingerprint density at radius 1 is 1.12 bits per heavy atom. The Labute approximate surface area is 183 Å². The lowest BCUT2D eigenvalue weighted by molar-refractivity contribution is -0.137. The van der Waals surface area contributed by atoms with Crippen molar-refractivity contribution in [2.24, 2.45) is 0 Å². The van der Waals surface area contributed by atoms with Gasteiger partial charge in [0, 0.05) is 12.0 Å². The molecule has 4 nitrogen and oxygen atoms in total. The van der Waals surface area contributed by atoms with E-state index in [1.54, 1.807) is 6.08 Å². The average molecular weight is 452 g/mol. The van der Waals surface area contributed by atoms with Gasteiger partial charge in [0.1, 0.15) is 17.1 Å². The second-order valence-electron chi connectivity index (χ2n) is 7.30. The Morgan fingerprint density at radius 3 is 2.31 bits per heavy atom. The molecule has 0 saturated carbocycles. The molecule has 0 fully saturated rings. The number of allylic oxidation sites excluding steroid dienone is 2. The van der Waals surface area contributed by atoms with Gasteiger partial charge < -0.3 is 14.9 Å². The van der Waals surface area contributed by atoms with E-state index in [1.165, 1.54) is 30.4 Å². The van der Waals surface area contributed by atoms with Crippen molar-refractivity contribution in [1.29, 1.82) is 0 Å². The molecule has 8 heteroatoms. The van der Waals surface area contributed by atoms with Gasteiger partial charge in [-0.15, -0.1) is 0 Å². The van der Waals surface area contributed by atoms with E-state index in [-0.39, 0.29) is 41.9 Å². The van der Waals surface area contributed by atoms with Crippen LogP contribution in [0.4, 0.5) is 17.6 Å². The smallest absolute Gasteiger partial charge is 0.416 e. The largest absolute Gasteiger partial charge is 0.507 e. The van der Waals surface area contributed by atoms with E-state index >= 15 is 0 Å². The monoisotopic (exact) mass is 452 g/mol. The number of alkyl halides is 4. The lowest BCUT2D eigenvalue weighted by atomic mass is 9.97. The zero-order chi connectivity index (χ0) is 23.9. The molecule has 2 rings (SSSR count). The molecule has 0 saturated heterocycles. The highest BCUT2D eigenvalue weighted by Gasteiger charge is 2.29. The van der Waals surface area contributed by atoms with E-state index in [0.717, 1.165) is 17.7 Å². The first-order valence-corrected chi connectivity index (χ1v) is 9.84. The first-order valence-electron chi connectivity index (χ1n) is 9.84. The number of carboxylic acid groups (broad SMARTS) is 1. The van der Waals surface area contributed by atoms with E-state index < -0.39 is 30.1 Å². The molecule has 0 aliphatic rings. The zero-order valence-electron chi connectivity index (χ0n) is 17.7. The quantitative estimate of drug-likeness (QED) is 0.197. The molecule has 0 aromatic heterocycles. The molecule has 0 bridgehead atoms. The second kappa shape index (κ2) is 10.8. The van der Waals surface area contributed by atoms with Crippen LogP contribution >= 0.6 is 0 Å². The van der Waals surface area contributed by atoms with Crippen molar-refractivity contribution in [2.45, 2.75) is 32.9 Å². The van der Waals surface area contributed by atoms with Crippen LogP contribution in [0.2, 0.25) is 0 Å². The van der Waals surface area contributed by atoms with Gasteiger partial charge >= 0.3 is 12.1 Å². The Morgan fingerprint density at radius 2 is 1.78 bits per heavy atom. The summed E-state index contributed by atoms with van der Waals surface area (Å²) in [6, 6.07) is 5.77. The third kappa shape index (κ3) is 6.60. The van der Waals surface area contributed by atoms with E-state index in [1.807, 2.05) is 13.8 Å². The summed E-state index contributed by atoms with van der Waals surface area (Å²) in [5.41, 5.74) is 0.554. The molecule has 2 N–H and O–H groups in total. The minimum atomic E-state index is -4.46. The zero-order valence-corrected chi connectivity index (χ0v) is 17.7. The van der Waals surface area contributed by atoms with Crippen molar-refractivity contribution in [3.63, 3.8) is 0 Å². The van der Waals surface area contributed by atoms with Crippen LogP contribution in [0.5, 0.6) is 11.5 Å². The third-order valence-electron chi connectivity index (χ3n) is 4.55. The Kier molecular flexibility index (Phi) is 8.46. The maximum atomic E-state index is 12.7. The van der Waals surface area contributed by atoms with Crippen LogP contribution in [0, 0.1) is 0 Å². The molecule has 0 heterocycles. The summed E-state index contributed by atoms with van der Waals surface area (Å²) < 4.78 is 56.3. The number of aromatic hydroxyl groups is 1. The van der Waals surface area contributed by atoms with Crippen LogP contribution in [0.15, 0.2) is 42.0 Å². The van der Waals surface area contributed by atoms with Gasteiger partial charge in [-0.1, -0.05) is 35.9 Å². The summed E-state index contributed by atoms with van der Waals surface area (Å²) in [5.74, 6) is -1.63. The molecule has 0 amide bonds. The molecule has 0 unspecified atom stereocenters. The molecular weight excluding hydrogens is 428 g/mol. The van der Waals surface area contributed by atoms with Crippen molar-refractivity contribution < 1.29 is 37.3 Å². The van der Waals surface area contributed by atoms with Gasteiger partial charge in [0.2, 0.25) is 0 Å². The molecular formula is C24H24F4O4. The van der Waals surface area contributed by atoms with Gasteiger partial charge in [0.25, 0.3) is 0 Å². The highest BCUT2D eigenvalue weighted by molar-refractivity contribution is 5.97. The van der Waals surface area contributed by atoms with Gasteiger partial charge in [-0.25, -0.2) is 4.79 Å². The number of hydrogen-bond donors (Lipinski definition) is 2. The average Bonchev–Trinajstić information content (AvgIpc) is 2.71. The van der Waals surface area contributed by atoms with Gasteiger partial charge in [0.05, 0.1) is 18.8 Å². The topological polar surface area (TPSA) is 66.8 Å². The first-order chi connectivity index (χ1) is 15.0. The minimum Gasteiger partial charge on any atom is -0.507 e. The number of carbonyl (C=O) groups is 1. The standard InChI is InChI=1S/C24H24F4O4/c1-15(2)4-11-19-20(32-13-3-12-25)14-17(21(22(19)29)23(30)31)8-5-16-6-9-18(10-7-16)24(26,27)28/h4-10,14,29H,3,11-13H2,1-2H3,(H,30,31). The molecule has 32 heavy (non-hydrogen) atoms. The maximum absolute atomic E-state index is 12.7. The lowest BCUT2D eigenvalue weighted by Crippen LogP contribution is -2.07. The summed E-state index contributed by atoms with van der Waals surface area (Å²) in [6.45, 7) is 3.13. The number of carboxylic acids is 1. The number of rotatable bonds is 9. The lowest BCUT2D eigenvalue weighted by Gasteiger charge is -2.16. The number of ether oxygens (including phenoxy) is 1. The molecule has 0 atom stereocenters. The Balaban J connectivity index is 2.51. The van der Waals surface area contributed by atoms with Crippen molar-refractivity contribution in [3.8, 4) is 11.5 Å². The van der Waals surface area contributed by atoms with Crippen molar-refractivity contribution in [2.75, 3.05) is 13.3 Å². The maximum Gasteiger partial charge on any atom is 0.416 e. The fourth-order valence-corrected chi connectivity index (χ4v) is 2.90. The second-order valence-corrected chi connectivity index (χ2v) is 7.30. The molecule has 2 aromatic carbocycles. The van der Waals surface area contributed by atoms with Crippen LogP contribution in [0.25, 0.3) is 12.2 Å². The number of halogens is 4. The summed E-state index contributed by atoms with van der Waals surface area (Å²) in [6.07, 6.45) is 0.474. The number of hydrogen-bond acceptors (Lipinski definition) is 3. The Hall–Kier alpha value is -3.29. The number of aromatic carboxylic acids is 1. The van der Waals surface area contributed by atoms with Gasteiger partial charge in [-0.3, -0.25) is 4.39 Å². The summed E-state index contributed by atoms with van der Waals surface area (Å²) in [7, 11) is 0. The SMILES string of the molecule is CC(C)=CCc1c(OCCCF)cc(C=Cc2ccc(C(F)(F)F)cc2)c(C(=O)O)c1O. The van der Waals surface area contributed by atoms with Crippen LogP contribution in [-0.2, 0) is 12.6 Å². The van der Waals surface area contributed by atoms with E-state index in [0.29, 0.717) is 5.56 Å². The van der Waals surface area contributed by atoms with Crippen LogP contribution in [0.1, 0.15) is 52.9 Å². The summed E-state index contributed by atoms with van der Waals surface area (Å²) >= 11 is 0. The van der Waals surface area contributed by atoms with E-state index in [2.05, 4.69) is 0 Å². The van der Waals surface area contributed by atoms with Crippen molar-refractivity contribution >= 4 is 18.1 Å². The van der Waals surface area contributed by atoms with Gasteiger partial charge in [-0.05, 0) is 49.6 Å². The molecule has 0 spiro atoms. The van der Waals surface area contributed by atoms with Crippen LogP contribution in [-0.4, -0.2) is 29.5 Å². The highest BCUT2D eigenvalue weighted by atomic mass is 19.4. The normalized spacial score (nSPS) is 11.6. The predicted molar refractivity (Wildman–Crippen MR) is 115 cm³/mol. The third-order valence-corrected chi connectivity index (χ3v) is 4.55. The van der Waals surface area contributed by atoms with Crippen LogP contribution in [0.3, 0.4) is 0 Å². The van der Waals surface area contributed by atoms with Crippen LogP contribution < -0.4 is 4.74 Å². The predicted octanol–water partition coefficient (Wildman–Crippen LogP) is 6.53.